The minimum atomic E-state index is -5.02. The van der Waals surface area contributed by atoms with Crippen molar-refractivity contribution in [2.75, 3.05) is 26.2 Å². The van der Waals surface area contributed by atoms with Gasteiger partial charge in [0.2, 0.25) is 5.91 Å². The van der Waals surface area contributed by atoms with Crippen LogP contribution in [0.15, 0.2) is 72.8 Å². The zero-order valence-corrected chi connectivity index (χ0v) is 27.3. The lowest BCUT2D eigenvalue weighted by Crippen LogP contribution is -2.50. The number of aliphatic hydroxyl groups excluding tert-OH is 2. The highest BCUT2D eigenvalue weighted by atomic mass is 19.4. The van der Waals surface area contributed by atoms with E-state index < -0.39 is 30.3 Å². The molecule has 3 aromatic carbocycles. The number of hydrogen-bond acceptors (Lipinski definition) is 7. The normalized spacial score (nSPS) is 26.2. The third kappa shape index (κ3) is 8.16. The van der Waals surface area contributed by atoms with E-state index in [1.54, 1.807) is 0 Å². The highest BCUT2D eigenvalue weighted by Crippen LogP contribution is 2.42. The second kappa shape index (κ2) is 15.0. The molecule has 3 heterocycles. The third-order valence-corrected chi connectivity index (χ3v) is 9.78. The maximum Gasteiger partial charge on any atom is 0.471 e. The van der Waals surface area contributed by atoms with Gasteiger partial charge in [-0.2, -0.15) is 13.2 Å². The minimum Gasteiger partial charge on any atom is -0.392 e. The number of aliphatic hydroxyl groups is 2. The van der Waals surface area contributed by atoms with Gasteiger partial charge in [0.1, 0.15) is 6.04 Å². The number of carbonyl (C=O) groups excluding carboxylic acids is 2. The lowest BCUT2D eigenvalue weighted by Gasteiger charge is -2.42. The molecule has 3 aromatic rings. The van der Waals surface area contributed by atoms with E-state index in [1.807, 2.05) is 72.8 Å². The second-order valence-electron chi connectivity index (χ2n) is 13.2. The van der Waals surface area contributed by atoms with Crippen LogP contribution in [-0.2, 0) is 32.2 Å². The predicted octanol–water partition coefficient (Wildman–Crippen LogP) is 4.87. The number of ether oxygens (including phenoxy) is 2. The summed E-state index contributed by atoms with van der Waals surface area (Å²) in [4.78, 5) is 27.4. The summed E-state index contributed by atoms with van der Waals surface area (Å²) in [6.45, 7) is 4.17. The molecule has 49 heavy (non-hydrogen) atoms. The molecule has 3 aliphatic rings. The van der Waals surface area contributed by atoms with Gasteiger partial charge in [0, 0.05) is 44.2 Å². The molecule has 3 aliphatic heterocycles. The fourth-order valence-corrected chi connectivity index (χ4v) is 7.01. The highest BCUT2D eigenvalue weighted by Gasteiger charge is 2.47. The fraction of sp³-hybridized carbons (Fsp3) is 0.459. The van der Waals surface area contributed by atoms with Crippen LogP contribution < -0.4 is 5.32 Å². The number of β-amino-alcohol motifs (C(OH)–C–C–N with tert-alkyl or cyclic N) is 1. The molecule has 6 atom stereocenters. The van der Waals surface area contributed by atoms with E-state index in [9.17, 15) is 33.0 Å². The number of amides is 2. The average molecular weight is 682 g/mol. The second-order valence-corrected chi connectivity index (χ2v) is 13.2. The topological polar surface area (TPSA) is 112 Å². The average Bonchev–Trinajstić information content (AvgIpc) is 3.76. The highest BCUT2D eigenvalue weighted by molar-refractivity contribution is 5.90. The number of halogens is 3. The van der Waals surface area contributed by atoms with Crippen LogP contribution in [0.4, 0.5) is 13.2 Å². The van der Waals surface area contributed by atoms with Gasteiger partial charge in [-0.1, -0.05) is 73.7 Å². The van der Waals surface area contributed by atoms with Crippen LogP contribution in [0.25, 0.3) is 11.1 Å². The minimum absolute atomic E-state index is 0.0262. The van der Waals surface area contributed by atoms with Crippen molar-refractivity contribution in [3.8, 4) is 11.1 Å². The summed E-state index contributed by atoms with van der Waals surface area (Å²) in [6, 6.07) is 22.0. The van der Waals surface area contributed by atoms with E-state index in [0.717, 1.165) is 46.3 Å². The Labute approximate surface area is 283 Å². The molecule has 3 N–H and O–H groups in total. The number of benzene rings is 3. The molecular weight excluding hydrogens is 639 g/mol. The number of alkyl halides is 3. The van der Waals surface area contributed by atoms with Crippen molar-refractivity contribution >= 4 is 11.8 Å². The zero-order valence-electron chi connectivity index (χ0n) is 27.3. The van der Waals surface area contributed by atoms with Crippen LogP contribution in [-0.4, -0.2) is 82.4 Å². The molecule has 0 radical (unpaired) electrons. The molecule has 0 spiro atoms. The summed E-state index contributed by atoms with van der Waals surface area (Å²) in [5, 5.41) is 22.3. The van der Waals surface area contributed by atoms with Crippen molar-refractivity contribution in [2.24, 2.45) is 5.92 Å². The van der Waals surface area contributed by atoms with Crippen molar-refractivity contribution in [2.45, 2.75) is 76.2 Å². The van der Waals surface area contributed by atoms with Crippen molar-refractivity contribution in [1.82, 2.24) is 15.1 Å². The van der Waals surface area contributed by atoms with Crippen LogP contribution in [0.3, 0.4) is 0 Å². The van der Waals surface area contributed by atoms with Gasteiger partial charge in [0.25, 0.3) is 0 Å². The van der Waals surface area contributed by atoms with Crippen LogP contribution in [0, 0.1) is 5.92 Å². The van der Waals surface area contributed by atoms with Crippen LogP contribution in [0.5, 0.6) is 0 Å². The Balaban J connectivity index is 1.14. The Morgan fingerprint density at radius 2 is 1.65 bits per heavy atom. The monoisotopic (exact) mass is 681 g/mol. The molecule has 0 bridgehead atoms. The van der Waals surface area contributed by atoms with Gasteiger partial charge >= 0.3 is 12.1 Å². The summed E-state index contributed by atoms with van der Waals surface area (Å²) < 4.78 is 52.2. The lowest BCUT2D eigenvalue weighted by atomic mass is 9.90. The molecule has 0 unspecified atom stereocenters. The van der Waals surface area contributed by atoms with Crippen LogP contribution in [0.2, 0.25) is 0 Å². The predicted molar refractivity (Wildman–Crippen MR) is 175 cm³/mol. The van der Waals surface area contributed by atoms with E-state index in [0.29, 0.717) is 24.4 Å². The van der Waals surface area contributed by atoms with Crippen molar-refractivity contribution in [3.63, 3.8) is 0 Å². The lowest BCUT2D eigenvalue weighted by molar-refractivity contribution is -0.276. The largest absolute Gasteiger partial charge is 0.471 e. The quantitative estimate of drug-likeness (QED) is 0.296. The van der Waals surface area contributed by atoms with Gasteiger partial charge < -0.3 is 29.9 Å². The van der Waals surface area contributed by atoms with E-state index in [2.05, 4.69) is 17.1 Å². The first-order valence-corrected chi connectivity index (χ1v) is 16.8. The van der Waals surface area contributed by atoms with Crippen LogP contribution >= 0.6 is 0 Å². The van der Waals surface area contributed by atoms with Crippen LogP contribution in [0.1, 0.15) is 60.8 Å². The summed E-state index contributed by atoms with van der Waals surface area (Å²) in [5.41, 5.74) is 5.23. The van der Waals surface area contributed by atoms with Gasteiger partial charge in [0.15, 0.2) is 6.29 Å². The number of nitrogens with zero attached hydrogens (tertiary/aromatic N) is 2. The molecule has 3 saturated heterocycles. The SMILES string of the molecule is C[C@H]1[C@@H](CN2CC[C@H](O)C2)O[C@@H](c2ccc(-c3cccc(CNC(=O)[C@@H]4CCCN4C(=O)C(F)(F)F)c3)cc2)O[C@H]1c1ccc(CO)cc1. The zero-order chi connectivity index (χ0) is 34.7. The van der Waals surface area contributed by atoms with Crippen molar-refractivity contribution < 1.29 is 42.4 Å². The van der Waals surface area contributed by atoms with E-state index >= 15 is 0 Å². The fourth-order valence-electron chi connectivity index (χ4n) is 7.01. The van der Waals surface area contributed by atoms with E-state index in [1.165, 1.54) is 0 Å². The Morgan fingerprint density at radius 3 is 2.33 bits per heavy atom. The summed E-state index contributed by atoms with van der Waals surface area (Å²) >= 11 is 0. The van der Waals surface area contributed by atoms with Gasteiger partial charge in [-0.3, -0.25) is 14.5 Å². The first-order chi connectivity index (χ1) is 23.5. The number of likely N-dealkylation sites (tertiary alicyclic amines) is 2. The van der Waals surface area contributed by atoms with E-state index in [4.69, 9.17) is 9.47 Å². The van der Waals surface area contributed by atoms with Crippen molar-refractivity contribution in [1.29, 1.82) is 0 Å². The summed E-state index contributed by atoms with van der Waals surface area (Å²) in [6.07, 6.45) is -5.12. The standard InChI is InChI=1S/C37H42F3N3O6/c1-23-32(21-42-17-15-30(45)20-42)48-35(49-33(23)27-9-7-24(22-44)8-10-27)28-13-11-26(12-14-28)29-5-2-4-25(18-29)19-41-34(46)31-6-3-16-43(31)36(47)37(38,39)40/h2,4-5,7-14,18,23,30-33,35,44-45H,3,6,15-17,19-22H2,1H3,(H,41,46)/t23-,30-,31-,32+,33+,35+/m0/s1. The number of rotatable bonds is 9. The summed E-state index contributed by atoms with van der Waals surface area (Å²) in [7, 11) is 0. The number of carbonyl (C=O) groups is 2. The maximum atomic E-state index is 13.0. The number of nitrogens with one attached hydrogen (secondary N) is 1. The van der Waals surface area contributed by atoms with E-state index in [-0.39, 0.29) is 50.3 Å². The molecule has 262 valence electrons. The molecular formula is C37H42F3N3O6. The summed E-state index contributed by atoms with van der Waals surface area (Å²) in [5.74, 6) is -2.56. The molecule has 6 rings (SSSR count). The first kappa shape index (κ1) is 35.0. The molecule has 0 aliphatic carbocycles. The molecule has 0 aromatic heterocycles. The molecule has 3 fully saturated rings. The van der Waals surface area contributed by atoms with Gasteiger partial charge in [0.05, 0.1) is 24.9 Å². The van der Waals surface area contributed by atoms with Crippen molar-refractivity contribution in [3.05, 3.63) is 95.1 Å². The first-order valence-electron chi connectivity index (χ1n) is 16.8. The molecule has 9 nitrogen and oxygen atoms in total. The Kier molecular flexibility index (Phi) is 10.7. The Hall–Kier alpha value is -3.81. The molecule has 2 amide bonds. The molecule has 12 heteroatoms. The smallest absolute Gasteiger partial charge is 0.392 e. The Bertz CT molecular complexity index is 1600. The van der Waals surface area contributed by atoms with Gasteiger partial charge in [-0.15, -0.1) is 0 Å². The number of hydrogen-bond donors (Lipinski definition) is 3. The molecule has 0 saturated carbocycles. The van der Waals surface area contributed by atoms with Gasteiger partial charge in [-0.25, -0.2) is 0 Å². The Morgan fingerprint density at radius 1 is 0.918 bits per heavy atom. The third-order valence-electron chi connectivity index (χ3n) is 9.78. The van der Waals surface area contributed by atoms with Gasteiger partial charge in [-0.05, 0) is 53.1 Å². The maximum absolute atomic E-state index is 13.0.